The summed E-state index contributed by atoms with van der Waals surface area (Å²) in [5.41, 5.74) is 2.15. The van der Waals surface area contributed by atoms with E-state index in [9.17, 15) is 4.79 Å². The number of carbonyl (C=O) groups excluding carboxylic acids is 1. The topological polar surface area (TPSA) is 26.3 Å². The van der Waals surface area contributed by atoms with E-state index in [1.807, 2.05) is 13.0 Å². The largest absolute Gasteiger partial charge is 0.426 e. The lowest BCUT2D eigenvalue weighted by atomic mass is 9.79. The van der Waals surface area contributed by atoms with E-state index in [-0.39, 0.29) is 11.4 Å². The maximum Gasteiger partial charge on any atom is 0.312 e. The fraction of sp³-hybridized carbons (Fsp3) is 0.417. The number of carbonyl (C=O) groups is 1. The van der Waals surface area contributed by atoms with Crippen LogP contribution in [0.3, 0.4) is 0 Å². The Morgan fingerprint density at radius 3 is 2.79 bits per heavy atom. The molecule has 0 saturated carbocycles. The summed E-state index contributed by atoms with van der Waals surface area (Å²) in [6.07, 6.45) is 0.461. The molecular weight excluding hydrogens is 176 g/mol. The van der Waals surface area contributed by atoms with E-state index in [0.29, 0.717) is 6.42 Å². The van der Waals surface area contributed by atoms with Gasteiger partial charge in [0, 0.05) is 11.0 Å². The normalized spacial score (nSPS) is 18.6. The molecule has 14 heavy (non-hydrogen) atoms. The summed E-state index contributed by atoms with van der Waals surface area (Å²) < 4.78 is 5.21. The first kappa shape index (κ1) is 9.25. The van der Waals surface area contributed by atoms with Gasteiger partial charge in [-0.25, -0.2) is 0 Å². The van der Waals surface area contributed by atoms with Crippen molar-refractivity contribution < 1.29 is 9.53 Å². The van der Waals surface area contributed by atoms with Crippen LogP contribution in [-0.4, -0.2) is 5.97 Å². The van der Waals surface area contributed by atoms with Gasteiger partial charge in [0.15, 0.2) is 0 Å². The predicted octanol–water partition coefficient (Wildman–Crippen LogP) is 2.58. The third-order valence-electron chi connectivity index (χ3n) is 2.68. The lowest BCUT2D eigenvalue weighted by molar-refractivity contribution is -0.136. The molecule has 2 nitrogen and oxygen atoms in total. The highest BCUT2D eigenvalue weighted by Crippen LogP contribution is 2.38. The van der Waals surface area contributed by atoms with Gasteiger partial charge in [-0.3, -0.25) is 4.79 Å². The van der Waals surface area contributed by atoms with Gasteiger partial charge >= 0.3 is 5.97 Å². The van der Waals surface area contributed by atoms with E-state index >= 15 is 0 Å². The molecule has 0 radical (unpaired) electrons. The van der Waals surface area contributed by atoms with E-state index in [1.54, 1.807) is 0 Å². The second kappa shape index (κ2) is 2.84. The first-order valence-corrected chi connectivity index (χ1v) is 4.81. The van der Waals surface area contributed by atoms with Crippen molar-refractivity contribution in [2.45, 2.75) is 32.6 Å². The Labute approximate surface area is 83.9 Å². The Hall–Kier alpha value is -1.31. The van der Waals surface area contributed by atoms with E-state index < -0.39 is 0 Å². The van der Waals surface area contributed by atoms with Gasteiger partial charge < -0.3 is 4.74 Å². The molecule has 0 fully saturated rings. The molecular formula is C12H14O2. The number of ether oxygens (including phenoxy) is 1. The maximum atomic E-state index is 11.3. The third kappa shape index (κ3) is 1.41. The van der Waals surface area contributed by atoms with Crippen molar-refractivity contribution in [1.82, 2.24) is 0 Å². The van der Waals surface area contributed by atoms with Gasteiger partial charge in [-0.05, 0) is 18.6 Å². The minimum atomic E-state index is -0.131. The third-order valence-corrected chi connectivity index (χ3v) is 2.68. The molecule has 1 aliphatic rings. The van der Waals surface area contributed by atoms with Crippen molar-refractivity contribution in [2.75, 3.05) is 0 Å². The van der Waals surface area contributed by atoms with Crippen LogP contribution >= 0.6 is 0 Å². The fourth-order valence-electron chi connectivity index (χ4n) is 1.89. The molecule has 2 heteroatoms. The average Bonchev–Trinajstić information content (AvgIpc) is 2.00. The fourth-order valence-corrected chi connectivity index (χ4v) is 1.89. The van der Waals surface area contributed by atoms with Gasteiger partial charge in [-0.15, -0.1) is 0 Å². The van der Waals surface area contributed by atoms with Crippen LogP contribution in [0.5, 0.6) is 5.75 Å². The lowest BCUT2D eigenvalue weighted by Gasteiger charge is -2.30. The van der Waals surface area contributed by atoms with Crippen LogP contribution in [0, 0.1) is 6.92 Å². The van der Waals surface area contributed by atoms with Gasteiger partial charge in [0.2, 0.25) is 0 Å². The number of hydrogen-bond acceptors (Lipinski definition) is 2. The molecule has 1 aliphatic heterocycles. The molecule has 0 saturated heterocycles. The maximum absolute atomic E-state index is 11.3. The van der Waals surface area contributed by atoms with Crippen molar-refractivity contribution in [3.63, 3.8) is 0 Å². The minimum absolute atomic E-state index is 0.0988. The summed E-state index contributed by atoms with van der Waals surface area (Å²) in [4.78, 5) is 11.3. The monoisotopic (exact) mass is 190 g/mol. The van der Waals surface area contributed by atoms with E-state index in [1.165, 1.54) is 0 Å². The SMILES string of the molecule is Cc1ccc2c(c1)OC(=O)CC2(C)C. The highest BCUT2D eigenvalue weighted by molar-refractivity contribution is 5.77. The van der Waals surface area contributed by atoms with E-state index in [0.717, 1.165) is 16.9 Å². The standard InChI is InChI=1S/C12H14O2/c1-8-4-5-9-10(6-8)14-11(13)7-12(9,2)3/h4-6H,7H2,1-3H3. The van der Waals surface area contributed by atoms with E-state index in [2.05, 4.69) is 26.0 Å². The molecule has 0 aromatic heterocycles. The molecule has 1 heterocycles. The van der Waals surface area contributed by atoms with E-state index in [4.69, 9.17) is 4.74 Å². The number of rotatable bonds is 0. The molecule has 0 unspecified atom stereocenters. The van der Waals surface area contributed by atoms with Crippen molar-refractivity contribution in [1.29, 1.82) is 0 Å². The molecule has 0 amide bonds. The zero-order valence-corrected chi connectivity index (χ0v) is 8.76. The summed E-state index contributed by atoms with van der Waals surface area (Å²) >= 11 is 0. The average molecular weight is 190 g/mol. The minimum Gasteiger partial charge on any atom is -0.426 e. The molecule has 74 valence electrons. The molecule has 0 bridgehead atoms. The first-order chi connectivity index (χ1) is 6.49. The molecule has 1 aromatic carbocycles. The molecule has 0 N–H and O–H groups in total. The smallest absolute Gasteiger partial charge is 0.312 e. The number of aryl methyl sites for hydroxylation is 1. The molecule has 0 aliphatic carbocycles. The van der Waals surface area contributed by atoms with Crippen LogP contribution in [0.4, 0.5) is 0 Å². The zero-order chi connectivity index (χ0) is 10.3. The van der Waals surface area contributed by atoms with Crippen molar-refractivity contribution in [2.24, 2.45) is 0 Å². The van der Waals surface area contributed by atoms with Gasteiger partial charge in [0.25, 0.3) is 0 Å². The van der Waals surface area contributed by atoms with Crippen molar-refractivity contribution in [3.05, 3.63) is 29.3 Å². The van der Waals surface area contributed by atoms with Crippen molar-refractivity contribution in [3.8, 4) is 5.75 Å². The Morgan fingerprint density at radius 1 is 1.36 bits per heavy atom. The van der Waals surface area contributed by atoms with Crippen LogP contribution in [-0.2, 0) is 10.2 Å². The van der Waals surface area contributed by atoms with Crippen molar-refractivity contribution >= 4 is 5.97 Å². The second-order valence-corrected chi connectivity index (χ2v) is 4.53. The number of fused-ring (bicyclic) bond motifs is 1. The molecule has 1 aromatic rings. The molecule has 2 rings (SSSR count). The second-order valence-electron chi connectivity index (χ2n) is 4.53. The first-order valence-electron chi connectivity index (χ1n) is 4.81. The summed E-state index contributed by atoms with van der Waals surface area (Å²) in [6, 6.07) is 6.03. The Balaban J connectivity index is 2.57. The van der Waals surface area contributed by atoms with Gasteiger partial charge in [-0.1, -0.05) is 26.0 Å². The quantitative estimate of drug-likeness (QED) is 0.464. The summed E-state index contributed by atoms with van der Waals surface area (Å²) in [5.74, 6) is 0.597. The van der Waals surface area contributed by atoms with Crippen LogP contribution in [0.2, 0.25) is 0 Å². The number of hydrogen-bond donors (Lipinski definition) is 0. The summed E-state index contributed by atoms with van der Waals surface area (Å²) in [7, 11) is 0. The summed E-state index contributed by atoms with van der Waals surface area (Å²) in [5, 5.41) is 0. The Kier molecular flexibility index (Phi) is 1.88. The van der Waals surface area contributed by atoms with Gasteiger partial charge in [-0.2, -0.15) is 0 Å². The Bertz CT molecular complexity index is 391. The van der Waals surface area contributed by atoms with Crippen LogP contribution in [0.25, 0.3) is 0 Å². The number of esters is 1. The summed E-state index contributed by atoms with van der Waals surface area (Å²) in [6.45, 7) is 6.14. The van der Waals surface area contributed by atoms with Crippen LogP contribution in [0.1, 0.15) is 31.4 Å². The highest BCUT2D eigenvalue weighted by atomic mass is 16.5. The molecule has 0 spiro atoms. The number of benzene rings is 1. The van der Waals surface area contributed by atoms with Crippen LogP contribution in [0.15, 0.2) is 18.2 Å². The lowest BCUT2D eigenvalue weighted by Crippen LogP contribution is -2.30. The Morgan fingerprint density at radius 2 is 2.07 bits per heavy atom. The zero-order valence-electron chi connectivity index (χ0n) is 8.76. The van der Waals surface area contributed by atoms with Crippen LogP contribution < -0.4 is 4.74 Å². The molecule has 0 atom stereocenters. The highest BCUT2D eigenvalue weighted by Gasteiger charge is 2.33. The van der Waals surface area contributed by atoms with Gasteiger partial charge in [0.1, 0.15) is 5.75 Å². The van der Waals surface area contributed by atoms with Gasteiger partial charge in [0.05, 0.1) is 6.42 Å². The predicted molar refractivity (Wildman–Crippen MR) is 54.5 cm³/mol.